The first kappa shape index (κ1) is 11.0. The fourth-order valence-electron chi connectivity index (χ4n) is 1.11. The number of amides is 1. The van der Waals surface area contributed by atoms with Crippen molar-refractivity contribution in [1.82, 2.24) is 9.88 Å². The third kappa shape index (κ3) is 2.45. The number of aromatic nitrogens is 1. The molecule has 14 heavy (non-hydrogen) atoms. The maximum Gasteiger partial charge on any atom is 0.219 e. The number of hydrogen-bond donors (Lipinski definition) is 0. The lowest BCUT2D eigenvalue weighted by Crippen LogP contribution is -2.27. The van der Waals surface area contributed by atoms with E-state index in [1.54, 1.807) is 24.2 Å². The van der Waals surface area contributed by atoms with Crippen molar-refractivity contribution >= 4 is 17.5 Å². The molecule has 0 spiro atoms. The zero-order chi connectivity index (χ0) is 10.7. The second kappa shape index (κ2) is 4.42. The van der Waals surface area contributed by atoms with Crippen molar-refractivity contribution in [1.29, 1.82) is 0 Å². The molecule has 0 fully saturated rings. The molecule has 3 nitrogen and oxygen atoms in total. The average Bonchev–Trinajstić information content (AvgIpc) is 2.16. The number of hydrogen-bond acceptors (Lipinski definition) is 2. The summed E-state index contributed by atoms with van der Waals surface area (Å²) in [7, 11) is 1.75. The van der Waals surface area contributed by atoms with E-state index in [2.05, 4.69) is 4.98 Å². The highest BCUT2D eigenvalue weighted by molar-refractivity contribution is 6.30. The molecule has 1 unspecified atom stereocenters. The number of nitrogens with zero attached hydrogens (tertiary/aromatic N) is 2. The first-order chi connectivity index (χ1) is 6.52. The molecule has 0 aromatic carbocycles. The second-order valence-electron chi connectivity index (χ2n) is 3.21. The van der Waals surface area contributed by atoms with Gasteiger partial charge < -0.3 is 4.90 Å². The van der Waals surface area contributed by atoms with Crippen molar-refractivity contribution in [3.05, 3.63) is 29.0 Å². The van der Waals surface area contributed by atoms with Gasteiger partial charge in [-0.05, 0) is 19.1 Å². The van der Waals surface area contributed by atoms with Crippen LogP contribution in [0.25, 0.3) is 0 Å². The lowest BCUT2D eigenvalue weighted by Gasteiger charge is -2.22. The molecule has 0 radical (unpaired) electrons. The Morgan fingerprint density at radius 3 is 2.64 bits per heavy atom. The van der Waals surface area contributed by atoms with Gasteiger partial charge >= 0.3 is 0 Å². The standard InChI is InChI=1S/C10H13ClN2O/c1-7(13(3)8(2)14)10-5-4-9(11)6-12-10/h4-7H,1-3H3. The number of pyridine rings is 1. The maximum atomic E-state index is 11.1. The van der Waals surface area contributed by atoms with E-state index >= 15 is 0 Å². The molecule has 0 N–H and O–H groups in total. The van der Waals surface area contributed by atoms with Gasteiger partial charge in [-0.15, -0.1) is 0 Å². The molecule has 1 aromatic heterocycles. The monoisotopic (exact) mass is 212 g/mol. The summed E-state index contributed by atoms with van der Waals surface area (Å²) < 4.78 is 0. The Bertz CT molecular complexity index is 323. The van der Waals surface area contributed by atoms with Crippen LogP contribution in [-0.2, 0) is 4.79 Å². The predicted molar refractivity (Wildman–Crippen MR) is 56.1 cm³/mol. The molecular weight excluding hydrogens is 200 g/mol. The van der Waals surface area contributed by atoms with Gasteiger partial charge in [0.1, 0.15) is 0 Å². The molecule has 0 aliphatic heterocycles. The molecule has 0 saturated heterocycles. The van der Waals surface area contributed by atoms with Crippen LogP contribution in [0.3, 0.4) is 0 Å². The van der Waals surface area contributed by atoms with Crippen molar-refractivity contribution in [3.63, 3.8) is 0 Å². The van der Waals surface area contributed by atoms with Gasteiger partial charge in [0.25, 0.3) is 0 Å². The molecule has 4 heteroatoms. The SMILES string of the molecule is CC(=O)N(C)C(C)c1ccc(Cl)cn1. The summed E-state index contributed by atoms with van der Waals surface area (Å²) in [6.45, 7) is 3.46. The summed E-state index contributed by atoms with van der Waals surface area (Å²) in [5.41, 5.74) is 0.840. The molecule has 0 saturated carbocycles. The molecule has 1 aromatic rings. The quantitative estimate of drug-likeness (QED) is 0.754. The number of rotatable bonds is 2. The molecular formula is C10H13ClN2O. The van der Waals surface area contributed by atoms with Gasteiger partial charge in [-0.2, -0.15) is 0 Å². The lowest BCUT2D eigenvalue weighted by atomic mass is 10.2. The van der Waals surface area contributed by atoms with E-state index in [4.69, 9.17) is 11.6 Å². The highest BCUT2D eigenvalue weighted by Gasteiger charge is 2.14. The molecule has 0 aliphatic carbocycles. The summed E-state index contributed by atoms with van der Waals surface area (Å²) in [6.07, 6.45) is 1.58. The van der Waals surface area contributed by atoms with Crippen LogP contribution >= 0.6 is 11.6 Å². The van der Waals surface area contributed by atoms with Gasteiger partial charge in [0.15, 0.2) is 0 Å². The molecule has 1 rings (SSSR count). The van der Waals surface area contributed by atoms with Crippen molar-refractivity contribution in [2.45, 2.75) is 19.9 Å². The van der Waals surface area contributed by atoms with Crippen molar-refractivity contribution < 1.29 is 4.79 Å². The van der Waals surface area contributed by atoms with Crippen molar-refractivity contribution in [2.24, 2.45) is 0 Å². The van der Waals surface area contributed by atoms with E-state index in [-0.39, 0.29) is 11.9 Å². The largest absolute Gasteiger partial charge is 0.338 e. The predicted octanol–water partition coefficient (Wildman–Crippen LogP) is 2.27. The minimum atomic E-state index is -0.0234. The zero-order valence-electron chi connectivity index (χ0n) is 8.49. The number of carbonyl (C=O) groups excluding carboxylic acids is 1. The van der Waals surface area contributed by atoms with Crippen molar-refractivity contribution in [2.75, 3.05) is 7.05 Å². The van der Waals surface area contributed by atoms with Crippen LogP contribution in [0.5, 0.6) is 0 Å². The number of halogens is 1. The molecule has 0 bridgehead atoms. The third-order valence-corrected chi connectivity index (χ3v) is 2.48. The molecule has 0 aliphatic rings. The fraction of sp³-hybridized carbons (Fsp3) is 0.400. The Labute approximate surface area is 88.7 Å². The van der Waals surface area contributed by atoms with Crippen molar-refractivity contribution in [3.8, 4) is 0 Å². The minimum absolute atomic E-state index is 0.0225. The van der Waals surface area contributed by atoms with Crippen LogP contribution in [0, 0.1) is 0 Å². The second-order valence-corrected chi connectivity index (χ2v) is 3.64. The average molecular weight is 213 g/mol. The Morgan fingerprint density at radius 1 is 1.57 bits per heavy atom. The fourth-order valence-corrected chi connectivity index (χ4v) is 1.22. The number of carbonyl (C=O) groups is 1. The van der Waals surface area contributed by atoms with Gasteiger partial charge in [0, 0.05) is 20.2 Å². The highest BCUT2D eigenvalue weighted by atomic mass is 35.5. The van der Waals surface area contributed by atoms with E-state index in [1.165, 1.54) is 6.92 Å². The molecule has 1 heterocycles. The Kier molecular flexibility index (Phi) is 3.47. The van der Waals surface area contributed by atoms with Crippen LogP contribution < -0.4 is 0 Å². The van der Waals surface area contributed by atoms with Crippen LogP contribution in [0.2, 0.25) is 5.02 Å². The van der Waals surface area contributed by atoms with Crippen LogP contribution in [0.15, 0.2) is 18.3 Å². The first-order valence-corrected chi connectivity index (χ1v) is 4.75. The summed E-state index contributed by atoms with van der Waals surface area (Å²) in [5, 5.41) is 0.603. The lowest BCUT2D eigenvalue weighted by molar-refractivity contribution is -0.129. The topological polar surface area (TPSA) is 33.2 Å². The van der Waals surface area contributed by atoms with E-state index in [0.717, 1.165) is 5.69 Å². The molecule has 1 amide bonds. The summed E-state index contributed by atoms with van der Waals surface area (Å²) in [4.78, 5) is 16.9. The van der Waals surface area contributed by atoms with E-state index < -0.39 is 0 Å². The van der Waals surface area contributed by atoms with E-state index in [9.17, 15) is 4.79 Å². The summed E-state index contributed by atoms with van der Waals surface area (Å²) in [5.74, 6) is 0.0225. The summed E-state index contributed by atoms with van der Waals surface area (Å²) in [6, 6.07) is 3.57. The van der Waals surface area contributed by atoms with E-state index in [1.807, 2.05) is 13.0 Å². The smallest absolute Gasteiger partial charge is 0.219 e. The van der Waals surface area contributed by atoms with Gasteiger partial charge in [-0.1, -0.05) is 11.6 Å². The minimum Gasteiger partial charge on any atom is -0.338 e. The van der Waals surface area contributed by atoms with Crippen LogP contribution in [-0.4, -0.2) is 22.8 Å². The van der Waals surface area contributed by atoms with Gasteiger partial charge in [0.2, 0.25) is 5.91 Å². The summed E-state index contributed by atoms with van der Waals surface area (Å²) >= 11 is 5.72. The van der Waals surface area contributed by atoms with Gasteiger partial charge in [-0.3, -0.25) is 9.78 Å². The van der Waals surface area contributed by atoms with Gasteiger partial charge in [0.05, 0.1) is 16.8 Å². The molecule has 1 atom stereocenters. The zero-order valence-corrected chi connectivity index (χ0v) is 9.25. The third-order valence-electron chi connectivity index (χ3n) is 2.26. The van der Waals surface area contributed by atoms with E-state index in [0.29, 0.717) is 5.02 Å². The Balaban J connectivity index is 2.84. The highest BCUT2D eigenvalue weighted by Crippen LogP contribution is 2.17. The normalized spacial score (nSPS) is 12.3. The first-order valence-electron chi connectivity index (χ1n) is 4.37. The molecule has 76 valence electrons. The van der Waals surface area contributed by atoms with Gasteiger partial charge in [-0.25, -0.2) is 0 Å². The Hall–Kier alpha value is -1.09. The Morgan fingerprint density at radius 2 is 2.21 bits per heavy atom. The maximum absolute atomic E-state index is 11.1. The van der Waals surface area contributed by atoms with Crippen LogP contribution in [0.1, 0.15) is 25.6 Å². The van der Waals surface area contributed by atoms with Crippen LogP contribution in [0.4, 0.5) is 0 Å².